The predicted octanol–water partition coefficient (Wildman–Crippen LogP) is 0.722. The third kappa shape index (κ3) is 5.18. The van der Waals surface area contributed by atoms with E-state index < -0.39 is 0 Å². The Balaban J connectivity index is 1.94. The highest BCUT2D eigenvalue weighted by Crippen LogP contribution is 2.30. The molecular weight excluding hydrogens is 268 g/mol. The minimum atomic E-state index is 0.141. The Bertz CT molecular complexity index is 293. The van der Waals surface area contributed by atoms with E-state index in [4.69, 9.17) is 9.47 Å². The highest BCUT2D eigenvalue weighted by molar-refractivity contribution is 4.90. The summed E-state index contributed by atoms with van der Waals surface area (Å²) in [5.74, 6) is 0.667. The van der Waals surface area contributed by atoms with Gasteiger partial charge in [0, 0.05) is 31.7 Å². The van der Waals surface area contributed by atoms with Crippen molar-refractivity contribution in [2.45, 2.75) is 32.7 Å². The molecule has 0 aromatic rings. The van der Waals surface area contributed by atoms with Gasteiger partial charge in [0.1, 0.15) is 0 Å². The summed E-state index contributed by atoms with van der Waals surface area (Å²) in [6.07, 6.45) is 2.34. The Morgan fingerprint density at radius 3 is 2.86 bits per heavy atom. The lowest BCUT2D eigenvalue weighted by Gasteiger charge is -2.44. The minimum absolute atomic E-state index is 0.141. The molecule has 0 bridgehead atoms. The van der Waals surface area contributed by atoms with Crippen molar-refractivity contribution in [3.63, 3.8) is 0 Å². The van der Waals surface area contributed by atoms with E-state index in [1.807, 2.05) is 0 Å². The van der Waals surface area contributed by atoms with E-state index in [9.17, 15) is 5.11 Å². The second-order valence-corrected chi connectivity index (χ2v) is 7.06. The number of aliphatic hydroxyl groups excluding tert-OH is 1. The fraction of sp³-hybridized carbons (Fsp3) is 1.00. The second kappa shape index (κ2) is 8.44. The van der Waals surface area contributed by atoms with Crippen molar-refractivity contribution >= 4 is 0 Å². The van der Waals surface area contributed by atoms with Crippen molar-refractivity contribution < 1.29 is 14.6 Å². The van der Waals surface area contributed by atoms with Crippen molar-refractivity contribution in [3.05, 3.63) is 0 Å². The van der Waals surface area contributed by atoms with E-state index in [0.717, 1.165) is 52.4 Å². The summed E-state index contributed by atoms with van der Waals surface area (Å²) >= 11 is 0. The first kappa shape index (κ1) is 17.2. The van der Waals surface area contributed by atoms with Crippen molar-refractivity contribution in [2.75, 3.05) is 59.2 Å². The first-order valence-corrected chi connectivity index (χ1v) is 8.36. The molecule has 5 nitrogen and oxygen atoms in total. The molecule has 0 aromatic carbocycles. The Morgan fingerprint density at radius 2 is 2.19 bits per heavy atom. The van der Waals surface area contributed by atoms with Crippen LogP contribution in [0, 0.1) is 11.3 Å². The maximum Gasteiger partial charge on any atom is 0.0644 e. The molecule has 0 aliphatic carbocycles. The zero-order valence-electron chi connectivity index (χ0n) is 13.6. The van der Waals surface area contributed by atoms with E-state index in [1.54, 1.807) is 0 Å². The van der Waals surface area contributed by atoms with Crippen LogP contribution in [-0.4, -0.2) is 75.3 Å². The molecular formula is C16H32N2O3. The fourth-order valence-corrected chi connectivity index (χ4v) is 3.35. The number of ether oxygens (including phenoxy) is 2. The molecule has 2 atom stereocenters. The van der Waals surface area contributed by atoms with Gasteiger partial charge >= 0.3 is 0 Å². The molecule has 2 saturated heterocycles. The van der Waals surface area contributed by atoms with Crippen molar-refractivity contribution in [1.29, 1.82) is 0 Å². The normalized spacial score (nSPS) is 31.7. The third-order valence-corrected chi connectivity index (χ3v) is 4.56. The van der Waals surface area contributed by atoms with Crippen LogP contribution in [0.15, 0.2) is 0 Å². The standard InChI is InChI=1S/C16H32N2O3/c1-14(2)8-17-11-16(4-3-6-21-13-16)12-18-5-7-20-10-15(18)9-19/h14-15,17,19H,3-13H2,1-2H3. The molecule has 2 aliphatic heterocycles. The van der Waals surface area contributed by atoms with E-state index in [2.05, 4.69) is 24.1 Å². The fourth-order valence-electron chi connectivity index (χ4n) is 3.35. The molecule has 5 heteroatoms. The summed E-state index contributed by atoms with van der Waals surface area (Å²) in [5.41, 5.74) is 0.178. The molecule has 2 N–H and O–H groups in total. The van der Waals surface area contributed by atoms with Crippen LogP contribution in [0.5, 0.6) is 0 Å². The Kier molecular flexibility index (Phi) is 6.89. The lowest BCUT2D eigenvalue weighted by Crippen LogP contribution is -2.56. The average molecular weight is 300 g/mol. The number of nitrogens with one attached hydrogen (secondary N) is 1. The van der Waals surface area contributed by atoms with Gasteiger partial charge in [-0.3, -0.25) is 4.90 Å². The zero-order valence-corrected chi connectivity index (χ0v) is 13.6. The molecule has 0 spiro atoms. The molecule has 0 saturated carbocycles. The summed E-state index contributed by atoms with van der Waals surface area (Å²) in [7, 11) is 0. The van der Waals surface area contributed by atoms with Crippen molar-refractivity contribution in [2.24, 2.45) is 11.3 Å². The van der Waals surface area contributed by atoms with E-state index >= 15 is 0 Å². The zero-order chi connectivity index (χ0) is 15.1. The molecule has 2 unspecified atom stereocenters. The first-order chi connectivity index (χ1) is 10.2. The van der Waals surface area contributed by atoms with Gasteiger partial charge in [0.05, 0.1) is 32.5 Å². The predicted molar refractivity (Wildman–Crippen MR) is 83.5 cm³/mol. The number of hydrogen-bond donors (Lipinski definition) is 2. The van der Waals surface area contributed by atoms with Crippen LogP contribution in [-0.2, 0) is 9.47 Å². The van der Waals surface area contributed by atoms with Gasteiger partial charge in [-0.2, -0.15) is 0 Å². The molecule has 2 rings (SSSR count). The molecule has 2 fully saturated rings. The van der Waals surface area contributed by atoms with Crippen LogP contribution >= 0.6 is 0 Å². The second-order valence-electron chi connectivity index (χ2n) is 7.06. The SMILES string of the molecule is CC(C)CNCC1(CN2CCOCC2CO)CCCOC1. The Morgan fingerprint density at radius 1 is 1.33 bits per heavy atom. The summed E-state index contributed by atoms with van der Waals surface area (Å²) < 4.78 is 11.3. The largest absolute Gasteiger partial charge is 0.395 e. The van der Waals surface area contributed by atoms with E-state index in [1.165, 1.54) is 6.42 Å². The van der Waals surface area contributed by atoms with Gasteiger partial charge in [0.25, 0.3) is 0 Å². The van der Waals surface area contributed by atoms with E-state index in [0.29, 0.717) is 12.5 Å². The molecule has 2 aliphatic rings. The highest BCUT2D eigenvalue weighted by atomic mass is 16.5. The third-order valence-electron chi connectivity index (χ3n) is 4.56. The molecule has 0 aromatic heterocycles. The molecule has 21 heavy (non-hydrogen) atoms. The van der Waals surface area contributed by atoms with Gasteiger partial charge in [-0.15, -0.1) is 0 Å². The Labute approximate surface area is 129 Å². The molecule has 0 amide bonds. The Hall–Kier alpha value is -0.200. The minimum Gasteiger partial charge on any atom is -0.395 e. The summed E-state index contributed by atoms with van der Waals surface area (Å²) in [4.78, 5) is 2.40. The molecule has 2 heterocycles. The van der Waals surface area contributed by atoms with Crippen LogP contribution in [0.1, 0.15) is 26.7 Å². The van der Waals surface area contributed by atoms with Gasteiger partial charge in [0.15, 0.2) is 0 Å². The molecule has 0 radical (unpaired) electrons. The van der Waals surface area contributed by atoms with Gasteiger partial charge in [-0.25, -0.2) is 0 Å². The smallest absolute Gasteiger partial charge is 0.0644 e. The number of morpholine rings is 1. The maximum atomic E-state index is 9.56. The summed E-state index contributed by atoms with van der Waals surface area (Å²) in [5, 5.41) is 13.2. The van der Waals surface area contributed by atoms with Crippen LogP contribution in [0.4, 0.5) is 0 Å². The number of aliphatic hydroxyl groups is 1. The summed E-state index contributed by atoms with van der Waals surface area (Å²) in [6, 6.07) is 0.141. The average Bonchev–Trinajstić information content (AvgIpc) is 2.48. The molecule has 124 valence electrons. The number of rotatable bonds is 7. The topological polar surface area (TPSA) is 54.0 Å². The maximum absolute atomic E-state index is 9.56. The van der Waals surface area contributed by atoms with Gasteiger partial charge in [0.2, 0.25) is 0 Å². The van der Waals surface area contributed by atoms with Crippen LogP contribution in [0.25, 0.3) is 0 Å². The van der Waals surface area contributed by atoms with Gasteiger partial charge < -0.3 is 19.9 Å². The van der Waals surface area contributed by atoms with Gasteiger partial charge in [-0.05, 0) is 25.3 Å². The van der Waals surface area contributed by atoms with Gasteiger partial charge in [-0.1, -0.05) is 13.8 Å². The first-order valence-electron chi connectivity index (χ1n) is 8.36. The number of hydrogen-bond acceptors (Lipinski definition) is 5. The number of nitrogens with zero attached hydrogens (tertiary/aromatic N) is 1. The van der Waals surface area contributed by atoms with Crippen LogP contribution in [0.2, 0.25) is 0 Å². The van der Waals surface area contributed by atoms with Crippen LogP contribution < -0.4 is 5.32 Å². The lowest BCUT2D eigenvalue weighted by molar-refractivity contribution is -0.0751. The monoisotopic (exact) mass is 300 g/mol. The van der Waals surface area contributed by atoms with Crippen molar-refractivity contribution in [3.8, 4) is 0 Å². The quantitative estimate of drug-likeness (QED) is 0.726. The summed E-state index contributed by atoms with van der Waals surface area (Å²) in [6.45, 7) is 11.7. The van der Waals surface area contributed by atoms with Crippen molar-refractivity contribution in [1.82, 2.24) is 10.2 Å². The van der Waals surface area contributed by atoms with E-state index in [-0.39, 0.29) is 18.1 Å². The highest BCUT2D eigenvalue weighted by Gasteiger charge is 2.37. The van der Waals surface area contributed by atoms with Crippen LogP contribution in [0.3, 0.4) is 0 Å². The lowest BCUT2D eigenvalue weighted by atomic mass is 9.81.